The van der Waals surface area contributed by atoms with Gasteiger partial charge in [-0.2, -0.15) is 0 Å². The van der Waals surface area contributed by atoms with E-state index in [2.05, 4.69) is 13.5 Å². The van der Waals surface area contributed by atoms with E-state index in [1.165, 1.54) is 0 Å². The van der Waals surface area contributed by atoms with Crippen molar-refractivity contribution in [1.82, 2.24) is 0 Å². The smallest absolute Gasteiger partial charge is 0.333 e. The molecule has 0 radical (unpaired) electrons. The largest absolute Gasteiger partial charge is 0.460 e. The van der Waals surface area contributed by atoms with Crippen molar-refractivity contribution in [3.8, 4) is 0 Å². The fourth-order valence-corrected chi connectivity index (χ4v) is 4.70. The molecule has 0 N–H and O–H groups in total. The Morgan fingerprint density at radius 3 is 2.79 bits per heavy atom. The average molecular weight is 330 g/mol. The first-order valence-corrected chi connectivity index (χ1v) is 8.42. The number of aryl methyl sites for hydroxylation is 1. The predicted octanol–water partition coefficient (Wildman–Crippen LogP) is 3.52. The number of rotatable bonds is 2. The molecule has 128 valence electrons. The van der Waals surface area contributed by atoms with Crippen LogP contribution in [-0.4, -0.2) is 23.5 Å². The zero-order valence-corrected chi connectivity index (χ0v) is 14.5. The summed E-state index contributed by atoms with van der Waals surface area (Å²) in [6.07, 6.45) is 2.65. The Bertz CT molecular complexity index is 775. The van der Waals surface area contributed by atoms with Crippen LogP contribution in [0.1, 0.15) is 61.4 Å². The van der Waals surface area contributed by atoms with Crippen LogP contribution in [0.15, 0.2) is 22.8 Å². The van der Waals surface area contributed by atoms with Crippen LogP contribution < -0.4 is 0 Å². The van der Waals surface area contributed by atoms with Crippen molar-refractivity contribution in [2.24, 2.45) is 11.3 Å². The van der Waals surface area contributed by atoms with E-state index in [1.54, 1.807) is 13.2 Å². The van der Waals surface area contributed by atoms with Gasteiger partial charge in [0, 0.05) is 11.1 Å². The Morgan fingerprint density at radius 1 is 1.42 bits per heavy atom. The molecule has 0 amide bonds. The predicted molar refractivity (Wildman–Crippen MR) is 85.5 cm³/mol. The van der Waals surface area contributed by atoms with E-state index in [0.29, 0.717) is 11.1 Å². The zero-order chi connectivity index (χ0) is 17.4. The lowest BCUT2D eigenvalue weighted by Gasteiger charge is -2.49. The number of carbonyl (C=O) groups is 2. The van der Waals surface area contributed by atoms with Crippen LogP contribution in [-0.2, 0) is 14.3 Å². The van der Waals surface area contributed by atoms with Gasteiger partial charge in [0.25, 0.3) is 0 Å². The maximum Gasteiger partial charge on any atom is 0.333 e. The molecule has 1 spiro atoms. The summed E-state index contributed by atoms with van der Waals surface area (Å²) in [7, 11) is 0. The van der Waals surface area contributed by atoms with Gasteiger partial charge in [-0.1, -0.05) is 20.4 Å². The molecule has 0 unspecified atom stereocenters. The van der Waals surface area contributed by atoms with Crippen LogP contribution in [0.3, 0.4) is 0 Å². The Labute approximate surface area is 141 Å². The standard InChI is InChI=1S/C19H22O5/c1-9(2)17(21)23-16-13-10(3)8-22-14(13)15(20)19-12(24-19)7-6-11(4)18(16,19)5/h8,11-12,16H,1,6-7H2,2-5H3/t11-,12+,16+,18-,19-/m0/s1. The molecule has 2 aliphatic carbocycles. The first kappa shape index (κ1) is 15.6. The molecule has 0 bridgehead atoms. The summed E-state index contributed by atoms with van der Waals surface area (Å²) in [6, 6.07) is 0. The number of fused-ring (bicyclic) bond motifs is 1. The molecule has 2 heterocycles. The van der Waals surface area contributed by atoms with Crippen molar-refractivity contribution in [3.63, 3.8) is 0 Å². The molecular weight excluding hydrogens is 308 g/mol. The van der Waals surface area contributed by atoms with Crippen molar-refractivity contribution in [3.05, 3.63) is 35.3 Å². The number of Topliss-reactive ketones (excluding diaryl/α,β-unsaturated/α-hetero) is 1. The number of esters is 1. The minimum atomic E-state index is -0.929. The lowest BCUT2D eigenvalue weighted by atomic mass is 9.53. The lowest BCUT2D eigenvalue weighted by molar-refractivity contribution is -0.160. The van der Waals surface area contributed by atoms with Gasteiger partial charge >= 0.3 is 5.97 Å². The second-order valence-corrected chi connectivity index (χ2v) is 7.66. The van der Waals surface area contributed by atoms with Crippen LogP contribution >= 0.6 is 0 Å². The monoisotopic (exact) mass is 330 g/mol. The molecule has 5 nitrogen and oxygen atoms in total. The van der Waals surface area contributed by atoms with Gasteiger partial charge in [-0.15, -0.1) is 0 Å². The third-order valence-electron chi connectivity index (χ3n) is 6.36. The first-order valence-electron chi connectivity index (χ1n) is 8.42. The molecule has 0 aromatic carbocycles. The molecule has 3 aliphatic rings. The summed E-state index contributed by atoms with van der Waals surface area (Å²) in [6.45, 7) is 11.3. The number of hydrogen-bond donors (Lipinski definition) is 0. The Hall–Kier alpha value is -1.88. The summed E-state index contributed by atoms with van der Waals surface area (Å²) in [4.78, 5) is 25.5. The van der Waals surface area contributed by atoms with Gasteiger partial charge in [-0.25, -0.2) is 4.79 Å². The van der Waals surface area contributed by atoms with Crippen LogP contribution in [0, 0.1) is 18.3 Å². The first-order chi connectivity index (χ1) is 11.2. The molecule has 5 heteroatoms. The van der Waals surface area contributed by atoms with E-state index in [1.807, 2.05) is 13.8 Å². The molecule has 4 rings (SSSR count). The molecule has 24 heavy (non-hydrogen) atoms. The Balaban J connectivity index is 1.92. The lowest BCUT2D eigenvalue weighted by Crippen LogP contribution is -2.57. The number of epoxide rings is 1. The van der Waals surface area contributed by atoms with E-state index < -0.39 is 23.1 Å². The fourth-order valence-electron chi connectivity index (χ4n) is 4.70. The number of ether oxygens (including phenoxy) is 2. The highest BCUT2D eigenvalue weighted by atomic mass is 16.6. The van der Waals surface area contributed by atoms with E-state index in [-0.39, 0.29) is 23.6 Å². The summed E-state index contributed by atoms with van der Waals surface area (Å²) in [5.41, 5.74) is 0.306. The van der Waals surface area contributed by atoms with E-state index in [9.17, 15) is 9.59 Å². The van der Waals surface area contributed by atoms with Gasteiger partial charge in [0.05, 0.1) is 17.8 Å². The van der Waals surface area contributed by atoms with Gasteiger partial charge in [0.2, 0.25) is 5.78 Å². The molecule has 1 aromatic heterocycles. The molecule has 1 aromatic rings. The van der Waals surface area contributed by atoms with Crippen molar-refractivity contribution in [1.29, 1.82) is 0 Å². The minimum Gasteiger partial charge on any atom is -0.460 e. The topological polar surface area (TPSA) is 69.0 Å². The summed E-state index contributed by atoms with van der Waals surface area (Å²) in [5, 5.41) is 0. The van der Waals surface area contributed by atoms with Crippen LogP contribution in [0.5, 0.6) is 0 Å². The summed E-state index contributed by atoms with van der Waals surface area (Å²) in [5.74, 6) is -0.105. The maximum atomic E-state index is 13.2. The molecule has 1 saturated heterocycles. The highest BCUT2D eigenvalue weighted by Crippen LogP contribution is 2.69. The highest BCUT2D eigenvalue weighted by molar-refractivity contribution is 6.06. The van der Waals surface area contributed by atoms with E-state index in [4.69, 9.17) is 13.9 Å². The van der Waals surface area contributed by atoms with Crippen molar-refractivity contribution in [2.45, 2.75) is 58.3 Å². The molecule has 5 atom stereocenters. The van der Waals surface area contributed by atoms with E-state index >= 15 is 0 Å². The second-order valence-electron chi connectivity index (χ2n) is 7.66. The quantitative estimate of drug-likeness (QED) is 0.471. The van der Waals surface area contributed by atoms with E-state index in [0.717, 1.165) is 18.4 Å². The zero-order valence-electron chi connectivity index (χ0n) is 14.5. The molecule has 1 saturated carbocycles. The average Bonchev–Trinajstić information content (AvgIpc) is 3.17. The fraction of sp³-hybridized carbons (Fsp3) is 0.579. The van der Waals surface area contributed by atoms with Crippen molar-refractivity contribution < 1.29 is 23.5 Å². The van der Waals surface area contributed by atoms with Gasteiger partial charge < -0.3 is 13.9 Å². The van der Waals surface area contributed by atoms with Gasteiger partial charge in [0.15, 0.2) is 11.4 Å². The third kappa shape index (κ3) is 1.59. The number of furan rings is 1. The summed E-state index contributed by atoms with van der Waals surface area (Å²) >= 11 is 0. The Morgan fingerprint density at radius 2 is 2.12 bits per heavy atom. The Kier molecular flexibility index (Phi) is 3.00. The molecule has 1 aliphatic heterocycles. The minimum absolute atomic E-state index is 0.104. The third-order valence-corrected chi connectivity index (χ3v) is 6.36. The number of ketones is 1. The second kappa shape index (κ2) is 4.60. The van der Waals surface area contributed by atoms with Gasteiger partial charge in [0.1, 0.15) is 6.10 Å². The van der Waals surface area contributed by atoms with Crippen LogP contribution in [0.2, 0.25) is 0 Å². The van der Waals surface area contributed by atoms with Crippen LogP contribution in [0.4, 0.5) is 0 Å². The van der Waals surface area contributed by atoms with Crippen molar-refractivity contribution in [2.75, 3.05) is 0 Å². The van der Waals surface area contributed by atoms with Crippen LogP contribution in [0.25, 0.3) is 0 Å². The summed E-state index contributed by atoms with van der Waals surface area (Å²) < 4.78 is 17.4. The maximum absolute atomic E-state index is 13.2. The number of carbonyl (C=O) groups excluding carboxylic acids is 2. The van der Waals surface area contributed by atoms with Gasteiger partial charge in [-0.05, 0) is 38.2 Å². The van der Waals surface area contributed by atoms with Crippen molar-refractivity contribution >= 4 is 11.8 Å². The highest BCUT2D eigenvalue weighted by Gasteiger charge is 2.80. The normalized spacial score (nSPS) is 39.5. The molecule has 2 fully saturated rings. The SMILES string of the molecule is C=C(C)C(=O)O[C@@H]1c2c(C)coc2C(=O)[C@@]23O[C@@H]2CC[C@H](C)[C@@]13C. The van der Waals surface area contributed by atoms with Gasteiger partial charge in [-0.3, -0.25) is 4.79 Å². The number of hydrogen-bond acceptors (Lipinski definition) is 5. The molecular formula is C19H22O5.